The lowest BCUT2D eigenvalue weighted by molar-refractivity contribution is -0.292. The molecule has 0 amide bonds. The minimum atomic E-state index is -6.26. The molecule has 2 nitrogen and oxygen atoms in total. The Kier molecular flexibility index (Phi) is 5.39. The molecule has 2 aromatic carbocycles. The highest BCUT2D eigenvalue weighted by molar-refractivity contribution is 14.1. The zero-order valence-electron chi connectivity index (χ0n) is 14.0. The van der Waals surface area contributed by atoms with E-state index in [9.17, 15) is 35.1 Å². The molecule has 11 heteroatoms. The number of alkyl halides is 8. The molecule has 1 heterocycles. The average molecular weight is 532 g/mol. The smallest absolute Gasteiger partial charge is 0.354 e. The highest BCUT2D eigenvalue weighted by Crippen LogP contribution is 2.51. The fraction of sp³-hybridized carbons (Fsp3) is 0.167. The van der Waals surface area contributed by atoms with Gasteiger partial charge >= 0.3 is 18.3 Å². The van der Waals surface area contributed by atoms with Gasteiger partial charge in [-0.15, -0.1) is 0 Å². The van der Waals surface area contributed by atoms with E-state index in [4.69, 9.17) is 0 Å². The zero-order valence-corrected chi connectivity index (χ0v) is 16.1. The van der Waals surface area contributed by atoms with Gasteiger partial charge in [-0.1, -0.05) is 18.2 Å². The van der Waals surface area contributed by atoms with Crippen LogP contribution in [0.15, 0.2) is 48.5 Å². The molecule has 0 spiro atoms. The lowest BCUT2D eigenvalue weighted by Gasteiger charge is -2.25. The maximum Gasteiger partial charge on any atom is 0.459 e. The summed E-state index contributed by atoms with van der Waals surface area (Å²) in [5, 5.41) is 2.10. The van der Waals surface area contributed by atoms with Crippen LogP contribution >= 0.6 is 22.6 Å². The Balaban J connectivity index is 2.39. The average Bonchev–Trinajstić information content (AvgIpc) is 2.61. The number of halogens is 9. The molecule has 0 fully saturated rings. The summed E-state index contributed by atoms with van der Waals surface area (Å²) in [7, 11) is 0. The van der Waals surface area contributed by atoms with Crippen LogP contribution in [0.2, 0.25) is 0 Å². The van der Waals surface area contributed by atoms with E-state index in [0.717, 1.165) is 15.7 Å². The lowest BCUT2D eigenvalue weighted by Crippen LogP contribution is -2.37. The molecule has 0 saturated carbocycles. The van der Waals surface area contributed by atoms with Crippen LogP contribution in [0.3, 0.4) is 0 Å². The first-order valence-electron chi connectivity index (χ1n) is 7.80. The summed E-state index contributed by atoms with van der Waals surface area (Å²) in [5.74, 6) is -5.82. The van der Waals surface area contributed by atoms with Gasteiger partial charge in [-0.2, -0.15) is 35.1 Å². The van der Waals surface area contributed by atoms with E-state index in [1.165, 1.54) is 36.4 Å². The fourth-order valence-electron chi connectivity index (χ4n) is 2.66. The van der Waals surface area contributed by atoms with Gasteiger partial charge in [0.1, 0.15) is 11.3 Å². The number of pyridine rings is 1. The van der Waals surface area contributed by atoms with Crippen molar-refractivity contribution < 1.29 is 35.1 Å². The highest BCUT2D eigenvalue weighted by atomic mass is 127. The van der Waals surface area contributed by atoms with Gasteiger partial charge in [-0.05, 0) is 52.9 Å². The molecule has 1 aromatic heterocycles. The molecule has 0 aliphatic rings. The first-order chi connectivity index (χ1) is 13.3. The van der Waals surface area contributed by atoms with Crippen molar-refractivity contribution in [2.24, 2.45) is 0 Å². The van der Waals surface area contributed by atoms with Gasteiger partial charge in [0, 0.05) is 14.6 Å². The number of para-hydroxylation sites is 1. The molecule has 3 rings (SSSR count). The van der Waals surface area contributed by atoms with E-state index in [-0.39, 0.29) is 11.1 Å². The Labute approximate surface area is 172 Å². The Morgan fingerprint density at radius 3 is 1.93 bits per heavy atom. The molecule has 0 saturated heterocycles. The van der Waals surface area contributed by atoms with Crippen LogP contribution in [-0.2, 0) is 12.1 Å². The topological polar surface area (TPSA) is 24.9 Å². The third-order valence-electron chi connectivity index (χ3n) is 3.94. The molecule has 0 unspecified atom stereocenters. The Morgan fingerprint density at radius 2 is 1.38 bits per heavy atom. The summed E-state index contributed by atoms with van der Waals surface area (Å²) in [6, 6.07) is 10.6. The fourth-order valence-corrected chi connectivity index (χ4v) is 3.02. The third-order valence-corrected chi connectivity index (χ3v) is 4.66. The maximum absolute atomic E-state index is 14.0. The number of nitrogens with zero attached hydrogens (tertiary/aromatic N) is 1. The van der Waals surface area contributed by atoms with E-state index < -0.39 is 40.7 Å². The molecule has 29 heavy (non-hydrogen) atoms. The summed E-state index contributed by atoms with van der Waals surface area (Å²) >= 11 is 1.94. The van der Waals surface area contributed by atoms with Gasteiger partial charge in [-0.3, -0.25) is 0 Å². The quantitative estimate of drug-likeness (QED) is 0.284. The molecule has 0 aliphatic heterocycles. The van der Waals surface area contributed by atoms with E-state index >= 15 is 0 Å². The van der Waals surface area contributed by atoms with Gasteiger partial charge in [0.2, 0.25) is 0 Å². The summed E-state index contributed by atoms with van der Waals surface area (Å²) in [5.41, 5.74) is -5.86. The molecule has 0 aliphatic carbocycles. The van der Waals surface area contributed by atoms with Crippen molar-refractivity contribution >= 4 is 44.9 Å². The highest BCUT2D eigenvalue weighted by Gasteiger charge is 2.63. The Bertz CT molecular complexity index is 1040. The minimum Gasteiger partial charge on any atom is -0.354 e. The molecule has 0 radical (unpaired) electrons. The Hall–Kier alpha value is -2.18. The van der Waals surface area contributed by atoms with E-state index in [1.807, 2.05) is 22.6 Å². The number of nitrogens with one attached hydrogen (secondary N) is 1. The summed E-state index contributed by atoms with van der Waals surface area (Å²) in [6.07, 6.45) is -11.8. The minimum absolute atomic E-state index is 0.0774. The second kappa shape index (κ2) is 7.26. The number of benzene rings is 2. The van der Waals surface area contributed by atoms with E-state index in [2.05, 4.69) is 10.3 Å². The van der Waals surface area contributed by atoms with E-state index in [0.29, 0.717) is 0 Å². The molecule has 3 aromatic rings. The van der Waals surface area contributed by atoms with Crippen molar-refractivity contribution in [1.29, 1.82) is 0 Å². The lowest BCUT2D eigenvalue weighted by atomic mass is 10.0. The second-order valence-electron chi connectivity index (χ2n) is 5.93. The number of hydrogen-bond acceptors (Lipinski definition) is 2. The zero-order chi connectivity index (χ0) is 21.6. The van der Waals surface area contributed by atoms with Crippen LogP contribution in [0, 0.1) is 3.57 Å². The van der Waals surface area contributed by atoms with E-state index in [1.54, 1.807) is 0 Å². The standard InChI is InChI=1S/C18H9F8IN2/c19-16(20,18(24,25)26)15-13(17(21,22)23)14(11-3-1-2-4-12(11)29-15)28-10-7-5-9(27)6-8-10/h1-8H,(H,28,29). The molecular formula is C18H9F8IN2. The number of anilines is 2. The predicted octanol–water partition coefficient (Wildman–Crippen LogP) is 7.26. The van der Waals surface area contributed by atoms with Gasteiger partial charge in [0.05, 0.1) is 11.2 Å². The van der Waals surface area contributed by atoms with Crippen molar-refractivity contribution in [1.82, 2.24) is 4.98 Å². The number of fused-ring (bicyclic) bond motifs is 1. The van der Waals surface area contributed by atoms with Crippen LogP contribution in [0.25, 0.3) is 10.9 Å². The van der Waals surface area contributed by atoms with Gasteiger partial charge in [0.25, 0.3) is 0 Å². The molecule has 0 bridgehead atoms. The second-order valence-corrected chi connectivity index (χ2v) is 7.17. The summed E-state index contributed by atoms with van der Waals surface area (Å²) in [4.78, 5) is 3.06. The SMILES string of the molecule is FC(F)(F)c1c(C(F)(F)C(F)(F)F)nc2ccccc2c1Nc1ccc(I)cc1. The molecule has 1 N–H and O–H groups in total. The van der Waals surface area contributed by atoms with Crippen molar-refractivity contribution in [2.45, 2.75) is 18.3 Å². The molecule has 0 atom stereocenters. The monoisotopic (exact) mass is 532 g/mol. The van der Waals surface area contributed by atoms with Crippen molar-refractivity contribution in [3.05, 3.63) is 63.4 Å². The van der Waals surface area contributed by atoms with Crippen LogP contribution in [-0.4, -0.2) is 11.2 Å². The van der Waals surface area contributed by atoms with Gasteiger partial charge < -0.3 is 5.32 Å². The maximum atomic E-state index is 14.0. The third kappa shape index (κ3) is 4.09. The molecule has 154 valence electrons. The molecular weight excluding hydrogens is 523 g/mol. The predicted molar refractivity (Wildman–Crippen MR) is 99.1 cm³/mol. The van der Waals surface area contributed by atoms with Crippen LogP contribution in [0.1, 0.15) is 11.3 Å². The van der Waals surface area contributed by atoms with Crippen LogP contribution < -0.4 is 5.32 Å². The van der Waals surface area contributed by atoms with Gasteiger partial charge in [-0.25, -0.2) is 4.98 Å². The van der Waals surface area contributed by atoms with Crippen molar-refractivity contribution in [3.8, 4) is 0 Å². The normalized spacial score (nSPS) is 13.0. The van der Waals surface area contributed by atoms with Crippen molar-refractivity contribution in [3.63, 3.8) is 0 Å². The number of rotatable bonds is 3. The Morgan fingerprint density at radius 1 is 0.793 bits per heavy atom. The summed E-state index contributed by atoms with van der Waals surface area (Å²) < 4.78 is 109. The largest absolute Gasteiger partial charge is 0.459 e. The van der Waals surface area contributed by atoms with Crippen LogP contribution in [0.4, 0.5) is 46.5 Å². The first-order valence-corrected chi connectivity index (χ1v) is 8.88. The van der Waals surface area contributed by atoms with Crippen LogP contribution in [0.5, 0.6) is 0 Å². The van der Waals surface area contributed by atoms with Crippen molar-refractivity contribution in [2.75, 3.05) is 5.32 Å². The number of aromatic nitrogens is 1. The summed E-state index contributed by atoms with van der Waals surface area (Å²) in [6.45, 7) is 0. The van der Waals surface area contributed by atoms with Gasteiger partial charge in [0.15, 0.2) is 0 Å². The first kappa shape index (κ1) is 21.5. The number of hydrogen-bond donors (Lipinski definition) is 1.